The molecular weight excluding hydrogens is 473 g/mol. The molecule has 3 aromatic carbocycles. The molecular formula is C27H23ClFNOS2. The first-order valence-electron chi connectivity index (χ1n) is 10.9. The minimum atomic E-state index is -0.278. The van der Waals surface area contributed by atoms with E-state index in [0.29, 0.717) is 11.0 Å². The number of rotatable bonds is 6. The van der Waals surface area contributed by atoms with Gasteiger partial charge in [-0.3, -0.25) is 0 Å². The van der Waals surface area contributed by atoms with Crippen LogP contribution in [-0.4, -0.2) is 11.8 Å². The summed E-state index contributed by atoms with van der Waals surface area (Å²) in [6, 6.07) is 24.6. The topological polar surface area (TPSA) is 21.3 Å². The van der Waals surface area contributed by atoms with Gasteiger partial charge in [0.15, 0.2) is 0 Å². The summed E-state index contributed by atoms with van der Waals surface area (Å²) in [5.41, 5.74) is 2.16. The van der Waals surface area contributed by atoms with Gasteiger partial charge in [-0.2, -0.15) is 11.3 Å². The lowest BCUT2D eigenvalue weighted by Gasteiger charge is -2.42. The maximum atomic E-state index is 13.3. The maximum Gasteiger partial charge on any atom is 0.127 e. The number of thiophene rings is 1. The van der Waals surface area contributed by atoms with Crippen LogP contribution in [0.2, 0.25) is 5.02 Å². The van der Waals surface area contributed by atoms with Gasteiger partial charge in [-0.05, 0) is 89.3 Å². The van der Waals surface area contributed by atoms with E-state index in [1.807, 2.05) is 42.1 Å². The Labute approximate surface area is 206 Å². The number of ether oxygens (including phenoxy) is 1. The van der Waals surface area contributed by atoms with Gasteiger partial charge in [0.1, 0.15) is 17.3 Å². The Morgan fingerprint density at radius 2 is 1.82 bits per heavy atom. The molecule has 2 nitrogen and oxygen atoms in total. The van der Waals surface area contributed by atoms with E-state index in [2.05, 4.69) is 40.3 Å². The normalized spacial score (nSPS) is 20.5. The number of piperidine rings is 1. The molecule has 2 atom stereocenters. The third-order valence-corrected chi connectivity index (χ3v) is 8.46. The molecule has 1 aliphatic heterocycles. The molecule has 0 radical (unpaired) electrons. The first kappa shape index (κ1) is 22.5. The highest BCUT2D eigenvalue weighted by molar-refractivity contribution is 8.00. The smallest absolute Gasteiger partial charge is 0.127 e. The zero-order valence-corrected chi connectivity index (χ0v) is 20.2. The van der Waals surface area contributed by atoms with Crippen molar-refractivity contribution < 1.29 is 9.13 Å². The molecule has 0 saturated carbocycles. The Balaban J connectivity index is 1.39. The molecule has 0 bridgehead atoms. The van der Waals surface area contributed by atoms with Crippen LogP contribution in [-0.2, 0) is 5.54 Å². The highest BCUT2D eigenvalue weighted by Gasteiger charge is 2.39. The van der Waals surface area contributed by atoms with Crippen molar-refractivity contribution in [1.29, 1.82) is 0 Å². The second-order valence-electron chi connectivity index (χ2n) is 8.09. The Hall–Kier alpha value is -2.31. The minimum absolute atomic E-state index is 0.275. The van der Waals surface area contributed by atoms with Crippen LogP contribution in [0.3, 0.4) is 0 Å². The fourth-order valence-corrected chi connectivity index (χ4v) is 6.41. The molecule has 2 heterocycles. The van der Waals surface area contributed by atoms with Crippen LogP contribution in [0.15, 0.2) is 94.5 Å². The van der Waals surface area contributed by atoms with E-state index in [0.717, 1.165) is 35.1 Å². The van der Waals surface area contributed by atoms with E-state index >= 15 is 0 Å². The van der Waals surface area contributed by atoms with Crippen molar-refractivity contribution in [2.24, 2.45) is 0 Å². The maximum absolute atomic E-state index is 13.3. The summed E-state index contributed by atoms with van der Waals surface area (Å²) in [5.74, 6) is 1.08. The Morgan fingerprint density at radius 1 is 0.970 bits per heavy atom. The van der Waals surface area contributed by atoms with E-state index in [-0.39, 0.29) is 11.4 Å². The Morgan fingerprint density at radius 3 is 2.55 bits per heavy atom. The van der Waals surface area contributed by atoms with Gasteiger partial charge in [0.05, 0.1) is 10.6 Å². The number of benzene rings is 3. The number of hydrogen-bond acceptors (Lipinski definition) is 4. The van der Waals surface area contributed by atoms with E-state index < -0.39 is 0 Å². The third kappa shape index (κ3) is 4.97. The summed E-state index contributed by atoms with van der Waals surface area (Å²) in [7, 11) is 0. The first-order chi connectivity index (χ1) is 16.1. The average molecular weight is 496 g/mol. The largest absolute Gasteiger partial charge is 0.457 e. The molecule has 2 unspecified atom stereocenters. The molecule has 1 saturated heterocycles. The predicted molar refractivity (Wildman–Crippen MR) is 136 cm³/mol. The fourth-order valence-electron chi connectivity index (χ4n) is 4.31. The van der Waals surface area contributed by atoms with Crippen LogP contribution >= 0.6 is 34.7 Å². The lowest BCUT2D eigenvalue weighted by molar-refractivity contribution is 0.316. The number of halogens is 2. The average Bonchev–Trinajstić information content (AvgIpc) is 3.39. The number of hydrogen-bond donors (Lipinski definition) is 1. The lowest BCUT2D eigenvalue weighted by atomic mass is 9.78. The van der Waals surface area contributed by atoms with Gasteiger partial charge in [0.25, 0.3) is 0 Å². The molecule has 168 valence electrons. The van der Waals surface area contributed by atoms with Gasteiger partial charge >= 0.3 is 0 Å². The molecule has 6 heteroatoms. The van der Waals surface area contributed by atoms with Crippen molar-refractivity contribution in [3.63, 3.8) is 0 Å². The predicted octanol–water partition coefficient (Wildman–Crippen LogP) is 8.12. The molecule has 1 aliphatic rings. The molecule has 5 rings (SSSR count). The van der Waals surface area contributed by atoms with E-state index in [9.17, 15) is 4.39 Å². The van der Waals surface area contributed by atoms with Gasteiger partial charge in [0, 0.05) is 16.7 Å². The summed E-state index contributed by atoms with van der Waals surface area (Å²) in [4.78, 5) is 1.13. The molecule has 1 fully saturated rings. The zero-order chi connectivity index (χ0) is 22.7. The molecule has 1 N–H and O–H groups in total. The van der Waals surface area contributed by atoms with Crippen molar-refractivity contribution in [3.8, 4) is 11.5 Å². The van der Waals surface area contributed by atoms with Gasteiger partial charge in [0.2, 0.25) is 0 Å². The van der Waals surface area contributed by atoms with Crippen molar-refractivity contribution in [3.05, 3.63) is 112 Å². The highest BCUT2D eigenvalue weighted by Crippen LogP contribution is 2.43. The molecule has 33 heavy (non-hydrogen) atoms. The van der Waals surface area contributed by atoms with Gasteiger partial charge in [-0.15, -0.1) is 11.8 Å². The van der Waals surface area contributed by atoms with Crippen molar-refractivity contribution in [1.82, 2.24) is 5.32 Å². The van der Waals surface area contributed by atoms with Crippen LogP contribution in [0.5, 0.6) is 11.5 Å². The standard InChI is InChI=1S/C27H23ClFNOS2/c28-25-6-1-2-7-26(25)33-24-12-14-27(30-17-24,20-13-15-32-18-20)19-4-3-5-23(16-19)31-22-10-8-21(29)9-11-22/h1-11,13,15-16,18,24,30H,12,14,17H2. The summed E-state index contributed by atoms with van der Waals surface area (Å²) in [6.45, 7) is 0.870. The van der Waals surface area contributed by atoms with Crippen LogP contribution < -0.4 is 10.1 Å². The van der Waals surface area contributed by atoms with Gasteiger partial charge in [-0.25, -0.2) is 4.39 Å². The SMILES string of the molecule is Fc1ccc(Oc2cccc(C3(c4ccsc4)CCC(Sc4ccccc4Cl)CN3)c2)cc1. The van der Waals surface area contributed by atoms with Crippen LogP contribution in [0.25, 0.3) is 0 Å². The monoisotopic (exact) mass is 495 g/mol. The highest BCUT2D eigenvalue weighted by atomic mass is 35.5. The Kier molecular flexibility index (Phi) is 6.74. The van der Waals surface area contributed by atoms with Crippen LogP contribution in [0, 0.1) is 5.82 Å². The van der Waals surface area contributed by atoms with Crippen LogP contribution in [0.1, 0.15) is 24.0 Å². The van der Waals surface area contributed by atoms with Gasteiger partial charge < -0.3 is 10.1 Å². The van der Waals surface area contributed by atoms with Crippen LogP contribution in [0.4, 0.5) is 4.39 Å². The number of thioether (sulfide) groups is 1. The third-order valence-electron chi connectivity index (χ3n) is 5.99. The molecule has 0 spiro atoms. The molecule has 0 aliphatic carbocycles. The Bertz CT molecular complexity index is 1210. The molecule has 4 aromatic rings. The summed E-state index contributed by atoms with van der Waals surface area (Å²) >= 11 is 9.95. The summed E-state index contributed by atoms with van der Waals surface area (Å²) in [6.07, 6.45) is 2.02. The summed E-state index contributed by atoms with van der Waals surface area (Å²) in [5, 5.41) is 9.48. The van der Waals surface area contributed by atoms with Crippen molar-refractivity contribution in [2.75, 3.05) is 6.54 Å². The number of nitrogens with one attached hydrogen (secondary N) is 1. The van der Waals surface area contributed by atoms with Crippen molar-refractivity contribution in [2.45, 2.75) is 28.5 Å². The van der Waals surface area contributed by atoms with E-state index in [1.165, 1.54) is 23.3 Å². The zero-order valence-electron chi connectivity index (χ0n) is 17.8. The quantitative estimate of drug-likeness (QED) is 0.292. The summed E-state index contributed by atoms with van der Waals surface area (Å²) < 4.78 is 19.3. The second-order valence-corrected chi connectivity index (χ2v) is 10.6. The lowest BCUT2D eigenvalue weighted by Crippen LogP contribution is -2.50. The van der Waals surface area contributed by atoms with Gasteiger partial charge in [-0.1, -0.05) is 35.9 Å². The molecule has 0 amide bonds. The first-order valence-corrected chi connectivity index (χ1v) is 13.1. The van der Waals surface area contributed by atoms with Crippen molar-refractivity contribution >= 4 is 34.7 Å². The fraction of sp³-hybridized carbons (Fsp3) is 0.185. The van der Waals surface area contributed by atoms with E-state index in [4.69, 9.17) is 16.3 Å². The van der Waals surface area contributed by atoms with E-state index in [1.54, 1.807) is 23.5 Å². The molecule has 1 aromatic heterocycles. The second kappa shape index (κ2) is 9.90. The minimum Gasteiger partial charge on any atom is -0.457 e.